The number of rotatable bonds is 7. The minimum Gasteiger partial charge on any atom is -0.396 e. The molecule has 2 aromatic rings. The lowest BCUT2D eigenvalue weighted by molar-refractivity contribution is 0.242. The smallest absolute Gasteiger partial charge is 0.129 e. The van der Waals surface area contributed by atoms with Crippen molar-refractivity contribution in [3.63, 3.8) is 0 Å². The van der Waals surface area contributed by atoms with Crippen molar-refractivity contribution in [3.05, 3.63) is 47.5 Å². The SMILES string of the molecule is [2H]C1([2H])CCC(C)(C)c2ccc(-c3cccc(N4CCN(CCCCCO)CC4)n3)cc21. The van der Waals surface area contributed by atoms with Crippen LogP contribution in [-0.2, 0) is 11.8 Å². The zero-order chi connectivity index (χ0) is 22.8. The van der Waals surface area contributed by atoms with Crippen LogP contribution in [0.25, 0.3) is 11.3 Å². The van der Waals surface area contributed by atoms with E-state index >= 15 is 0 Å². The van der Waals surface area contributed by atoms with Crippen molar-refractivity contribution < 1.29 is 7.85 Å². The molecule has 0 spiro atoms. The number of aliphatic hydroxyl groups excluding tert-OH is 1. The quantitative estimate of drug-likeness (QED) is 0.676. The van der Waals surface area contributed by atoms with E-state index in [-0.39, 0.29) is 5.41 Å². The van der Waals surface area contributed by atoms with Gasteiger partial charge in [-0.3, -0.25) is 4.90 Å². The van der Waals surface area contributed by atoms with Crippen LogP contribution in [0.4, 0.5) is 5.82 Å². The van der Waals surface area contributed by atoms with Gasteiger partial charge in [-0.05, 0) is 79.8 Å². The van der Waals surface area contributed by atoms with Gasteiger partial charge in [-0.1, -0.05) is 32.0 Å². The molecule has 4 heteroatoms. The topological polar surface area (TPSA) is 39.6 Å². The number of hydrogen-bond acceptors (Lipinski definition) is 4. The highest BCUT2D eigenvalue weighted by Gasteiger charge is 2.27. The summed E-state index contributed by atoms with van der Waals surface area (Å²) in [6.45, 7) is 9.85. The van der Waals surface area contributed by atoms with Crippen molar-refractivity contribution in [2.24, 2.45) is 0 Å². The van der Waals surface area contributed by atoms with Gasteiger partial charge in [-0.25, -0.2) is 4.98 Å². The molecule has 1 aromatic carbocycles. The summed E-state index contributed by atoms with van der Waals surface area (Å²) in [5, 5.41) is 8.93. The van der Waals surface area contributed by atoms with Crippen molar-refractivity contribution in [1.82, 2.24) is 9.88 Å². The van der Waals surface area contributed by atoms with Gasteiger partial charge in [0, 0.05) is 41.1 Å². The highest BCUT2D eigenvalue weighted by Crippen LogP contribution is 2.38. The van der Waals surface area contributed by atoms with Gasteiger partial charge >= 0.3 is 0 Å². The molecule has 0 amide bonds. The van der Waals surface area contributed by atoms with Crippen molar-refractivity contribution in [3.8, 4) is 11.3 Å². The maximum atomic E-state index is 8.93. The molecule has 30 heavy (non-hydrogen) atoms. The van der Waals surface area contributed by atoms with E-state index in [1.807, 2.05) is 12.1 Å². The zero-order valence-corrected chi connectivity index (χ0v) is 18.5. The molecule has 1 saturated heterocycles. The lowest BCUT2D eigenvalue weighted by atomic mass is 9.72. The molecular formula is C26H37N3O. The van der Waals surface area contributed by atoms with Gasteiger partial charge in [-0.15, -0.1) is 0 Å². The summed E-state index contributed by atoms with van der Waals surface area (Å²) in [5.74, 6) is 1.00. The number of unbranched alkanes of at least 4 members (excludes halogenated alkanes) is 2. The first-order chi connectivity index (χ1) is 15.3. The molecular weight excluding hydrogens is 370 g/mol. The van der Waals surface area contributed by atoms with Gasteiger partial charge in [0.2, 0.25) is 0 Å². The molecule has 4 rings (SSSR count). The Morgan fingerprint density at radius 1 is 1.07 bits per heavy atom. The Labute approximate surface area is 184 Å². The van der Waals surface area contributed by atoms with Crippen LogP contribution in [0.2, 0.25) is 0 Å². The number of aliphatic hydroxyl groups is 1. The maximum absolute atomic E-state index is 8.93. The summed E-state index contributed by atoms with van der Waals surface area (Å²) in [6.07, 6.45) is 3.29. The lowest BCUT2D eigenvalue weighted by Gasteiger charge is -2.35. The van der Waals surface area contributed by atoms with Crippen LogP contribution in [0, 0.1) is 0 Å². The largest absolute Gasteiger partial charge is 0.396 e. The summed E-state index contributed by atoms with van der Waals surface area (Å²) in [4.78, 5) is 9.83. The number of fused-ring (bicyclic) bond motifs is 1. The van der Waals surface area contributed by atoms with Crippen molar-refractivity contribution in [1.29, 1.82) is 0 Å². The van der Waals surface area contributed by atoms with Crippen LogP contribution in [0.15, 0.2) is 36.4 Å². The van der Waals surface area contributed by atoms with E-state index in [9.17, 15) is 0 Å². The van der Waals surface area contributed by atoms with Crippen LogP contribution < -0.4 is 4.90 Å². The normalized spacial score (nSPS) is 21.6. The Morgan fingerprint density at radius 2 is 1.90 bits per heavy atom. The van der Waals surface area contributed by atoms with E-state index in [1.165, 1.54) is 0 Å². The van der Waals surface area contributed by atoms with Gasteiger partial charge in [0.25, 0.3) is 0 Å². The van der Waals surface area contributed by atoms with Crippen LogP contribution in [-0.4, -0.2) is 54.3 Å². The first-order valence-electron chi connectivity index (χ1n) is 12.5. The maximum Gasteiger partial charge on any atom is 0.129 e. The number of nitrogens with zero attached hydrogens (tertiary/aromatic N) is 3. The highest BCUT2D eigenvalue weighted by molar-refractivity contribution is 5.64. The van der Waals surface area contributed by atoms with Crippen molar-refractivity contribution in [2.45, 2.75) is 57.7 Å². The highest BCUT2D eigenvalue weighted by atomic mass is 16.2. The number of aromatic nitrogens is 1. The average Bonchev–Trinajstić information content (AvgIpc) is 2.80. The van der Waals surface area contributed by atoms with E-state index in [0.717, 1.165) is 86.6 Å². The first-order valence-corrected chi connectivity index (χ1v) is 11.5. The lowest BCUT2D eigenvalue weighted by Crippen LogP contribution is -2.46. The third kappa shape index (κ3) is 4.87. The fourth-order valence-electron chi connectivity index (χ4n) is 4.67. The number of aryl methyl sites for hydroxylation is 1. The van der Waals surface area contributed by atoms with E-state index in [4.69, 9.17) is 12.8 Å². The minimum absolute atomic E-state index is 0.00646. The number of pyridine rings is 1. The van der Waals surface area contributed by atoms with Crippen LogP contribution in [0.1, 0.15) is 59.8 Å². The molecule has 2 aliphatic rings. The summed E-state index contributed by atoms with van der Waals surface area (Å²) < 4.78 is 17.1. The van der Waals surface area contributed by atoms with Gasteiger partial charge in [0.05, 0.1) is 5.69 Å². The molecule has 0 bridgehead atoms. The second kappa shape index (κ2) is 9.49. The number of anilines is 1. The molecule has 1 N–H and O–H groups in total. The summed E-state index contributed by atoms with van der Waals surface area (Å²) in [6, 6.07) is 12.4. The second-order valence-corrected chi connectivity index (χ2v) is 9.32. The Bertz CT molecular complexity index is 923. The van der Waals surface area contributed by atoms with E-state index < -0.39 is 6.37 Å². The third-order valence-corrected chi connectivity index (χ3v) is 6.67. The third-order valence-electron chi connectivity index (χ3n) is 6.67. The molecule has 1 aliphatic carbocycles. The fourth-order valence-corrected chi connectivity index (χ4v) is 4.67. The van der Waals surface area contributed by atoms with Crippen LogP contribution in [0.5, 0.6) is 0 Å². The Hall–Kier alpha value is -1.91. The number of hydrogen-bond donors (Lipinski definition) is 1. The summed E-state index contributed by atoms with van der Waals surface area (Å²) in [7, 11) is 0. The first kappa shape index (κ1) is 18.8. The van der Waals surface area contributed by atoms with Crippen molar-refractivity contribution in [2.75, 3.05) is 44.2 Å². The minimum atomic E-state index is -1.29. The predicted octanol–water partition coefficient (Wildman–Crippen LogP) is 4.65. The molecule has 1 fully saturated rings. The molecule has 1 aromatic heterocycles. The average molecular weight is 410 g/mol. The van der Waals surface area contributed by atoms with Crippen molar-refractivity contribution >= 4 is 5.82 Å². The molecule has 0 atom stereocenters. The zero-order valence-electron chi connectivity index (χ0n) is 20.5. The van der Waals surface area contributed by atoms with Crippen LogP contribution in [0.3, 0.4) is 0 Å². The molecule has 2 heterocycles. The van der Waals surface area contributed by atoms with Gasteiger partial charge in [-0.2, -0.15) is 0 Å². The number of piperazine rings is 1. The van der Waals surface area contributed by atoms with E-state index in [1.54, 1.807) is 0 Å². The van der Waals surface area contributed by atoms with E-state index in [2.05, 4.69) is 47.9 Å². The van der Waals surface area contributed by atoms with Gasteiger partial charge < -0.3 is 10.0 Å². The van der Waals surface area contributed by atoms with E-state index in [0.29, 0.717) is 13.0 Å². The molecule has 162 valence electrons. The Kier molecular flexibility index (Phi) is 5.95. The van der Waals surface area contributed by atoms with Gasteiger partial charge in [0.15, 0.2) is 0 Å². The Morgan fingerprint density at radius 3 is 2.70 bits per heavy atom. The van der Waals surface area contributed by atoms with Gasteiger partial charge in [0.1, 0.15) is 5.82 Å². The fraction of sp³-hybridized carbons (Fsp3) is 0.577. The molecule has 0 radical (unpaired) electrons. The summed E-state index contributed by atoms with van der Waals surface area (Å²) >= 11 is 0. The second-order valence-electron chi connectivity index (χ2n) is 9.32. The molecule has 0 unspecified atom stereocenters. The predicted molar refractivity (Wildman–Crippen MR) is 125 cm³/mol. The summed E-state index contributed by atoms with van der Waals surface area (Å²) in [5.41, 5.74) is 3.87. The molecule has 4 nitrogen and oxygen atoms in total. The molecule has 1 aliphatic heterocycles. The molecule has 0 saturated carbocycles. The monoisotopic (exact) mass is 409 g/mol. The Balaban J connectivity index is 1.47. The van der Waals surface area contributed by atoms with Crippen LogP contribution >= 0.6 is 0 Å². The number of benzene rings is 1. The standard InChI is InChI=1S/C26H37N3O/c1-26(2)13-7-8-21-20-22(11-12-23(21)26)24-9-6-10-25(27-24)29-17-15-28(16-18-29)14-4-3-5-19-30/h6,9-12,20,30H,3-5,7-8,13-19H2,1-2H3/i8D2.